The molecule has 4 nitrogen and oxygen atoms in total. The van der Waals surface area contributed by atoms with Crippen LogP contribution in [-0.2, 0) is 14.6 Å². The molecule has 80 valence electrons. The van der Waals surface area contributed by atoms with Gasteiger partial charge in [0.15, 0.2) is 0 Å². The monoisotopic (exact) mass is 232 g/mol. The van der Waals surface area contributed by atoms with Crippen LogP contribution in [0.2, 0.25) is 0 Å². The van der Waals surface area contributed by atoms with Crippen molar-refractivity contribution in [2.75, 3.05) is 6.61 Å². The van der Waals surface area contributed by atoms with Gasteiger partial charge in [0.1, 0.15) is 0 Å². The molecule has 0 aliphatic carbocycles. The fraction of sp³-hybridized carbons (Fsp3) is 0.625. The van der Waals surface area contributed by atoms with Crippen molar-refractivity contribution in [3.05, 3.63) is 19.6 Å². The molecule has 0 fully saturated rings. The largest absolute Gasteiger partial charge is 1.00 e. The van der Waals surface area contributed by atoms with Gasteiger partial charge in [0.25, 0.3) is 0 Å². The SMILES string of the molecule is C=C[CH2-].CCCCCOS(=O)(=O)O.[Na+]. The fourth-order valence-electron chi connectivity index (χ4n) is 0.516. The van der Waals surface area contributed by atoms with Crippen molar-refractivity contribution in [3.8, 4) is 0 Å². The predicted octanol–water partition coefficient (Wildman–Crippen LogP) is -0.994. The molecule has 6 heteroatoms. The Morgan fingerprint density at radius 1 is 1.50 bits per heavy atom. The van der Waals surface area contributed by atoms with Gasteiger partial charge in [-0.1, -0.05) is 19.8 Å². The van der Waals surface area contributed by atoms with Crippen LogP contribution in [-0.4, -0.2) is 19.6 Å². The molecule has 0 aromatic rings. The van der Waals surface area contributed by atoms with E-state index < -0.39 is 10.4 Å². The third-order valence-electron chi connectivity index (χ3n) is 0.980. The summed E-state index contributed by atoms with van der Waals surface area (Å²) in [5.41, 5.74) is 0. The molecule has 0 unspecified atom stereocenters. The van der Waals surface area contributed by atoms with Gasteiger partial charge in [-0.3, -0.25) is 4.55 Å². The van der Waals surface area contributed by atoms with Crippen molar-refractivity contribution in [2.24, 2.45) is 0 Å². The summed E-state index contributed by atoms with van der Waals surface area (Å²) in [5, 5.41) is 0. The summed E-state index contributed by atoms with van der Waals surface area (Å²) in [6.45, 7) is 8.57. The summed E-state index contributed by atoms with van der Waals surface area (Å²) in [6.07, 6.45) is 4.07. The number of unbranched alkanes of at least 4 members (excludes halogenated alkanes) is 2. The maximum absolute atomic E-state index is 9.93. The van der Waals surface area contributed by atoms with Crippen molar-refractivity contribution in [2.45, 2.75) is 26.2 Å². The van der Waals surface area contributed by atoms with Crippen molar-refractivity contribution in [1.82, 2.24) is 0 Å². The molecule has 0 saturated carbocycles. The number of hydrogen-bond acceptors (Lipinski definition) is 3. The zero-order chi connectivity index (χ0) is 10.7. The molecule has 0 aromatic heterocycles. The van der Waals surface area contributed by atoms with Gasteiger partial charge in [0.05, 0.1) is 6.61 Å². The molecule has 0 bridgehead atoms. The van der Waals surface area contributed by atoms with E-state index in [2.05, 4.69) is 17.7 Å². The first-order chi connectivity index (χ1) is 5.97. The minimum Gasteiger partial charge on any atom is -0.264 e. The second-order valence-electron chi connectivity index (χ2n) is 2.25. The minimum atomic E-state index is -4.20. The topological polar surface area (TPSA) is 63.6 Å². The zero-order valence-corrected chi connectivity index (χ0v) is 11.7. The van der Waals surface area contributed by atoms with Gasteiger partial charge in [0.2, 0.25) is 0 Å². The van der Waals surface area contributed by atoms with E-state index in [1.165, 1.54) is 6.08 Å². The maximum Gasteiger partial charge on any atom is 1.00 e. The van der Waals surface area contributed by atoms with Crippen LogP contribution in [0.1, 0.15) is 26.2 Å². The van der Waals surface area contributed by atoms with Gasteiger partial charge in [0, 0.05) is 0 Å². The van der Waals surface area contributed by atoms with Crippen LogP contribution in [0.25, 0.3) is 0 Å². The summed E-state index contributed by atoms with van der Waals surface area (Å²) >= 11 is 0. The summed E-state index contributed by atoms with van der Waals surface area (Å²) in [6, 6.07) is 0. The molecule has 0 aromatic carbocycles. The smallest absolute Gasteiger partial charge is 0.264 e. The summed E-state index contributed by atoms with van der Waals surface area (Å²) in [7, 11) is -4.20. The molecule has 14 heavy (non-hydrogen) atoms. The normalized spacial score (nSPS) is 9.29. The second-order valence-corrected chi connectivity index (χ2v) is 3.34. The Bertz CT molecular complexity index is 201. The summed E-state index contributed by atoms with van der Waals surface area (Å²) < 4.78 is 32.0. The third kappa shape index (κ3) is 29.4. The Morgan fingerprint density at radius 2 is 1.93 bits per heavy atom. The molecular formula is C8H17NaO4S. The van der Waals surface area contributed by atoms with E-state index in [0.717, 1.165) is 12.8 Å². The van der Waals surface area contributed by atoms with Gasteiger partial charge >= 0.3 is 40.0 Å². The quantitative estimate of drug-likeness (QED) is 0.286. The van der Waals surface area contributed by atoms with Crippen LogP contribution in [0.4, 0.5) is 0 Å². The Morgan fingerprint density at radius 3 is 2.21 bits per heavy atom. The first-order valence-electron chi connectivity index (χ1n) is 3.99. The Hall–Kier alpha value is 0.480. The Kier molecular flexibility index (Phi) is 19.2. The molecule has 1 N–H and O–H groups in total. The molecule has 0 saturated heterocycles. The van der Waals surface area contributed by atoms with Crippen LogP contribution in [0, 0.1) is 6.92 Å². The average Bonchev–Trinajstić information content (AvgIpc) is 1.98. The predicted molar refractivity (Wildman–Crippen MR) is 52.6 cm³/mol. The fourth-order valence-corrected chi connectivity index (χ4v) is 0.845. The van der Waals surface area contributed by atoms with Crippen molar-refractivity contribution < 1.29 is 46.7 Å². The zero-order valence-electron chi connectivity index (χ0n) is 8.90. The van der Waals surface area contributed by atoms with E-state index in [-0.39, 0.29) is 36.2 Å². The second kappa shape index (κ2) is 13.5. The first kappa shape index (κ1) is 20.0. The van der Waals surface area contributed by atoms with Crippen molar-refractivity contribution >= 4 is 10.4 Å². The van der Waals surface area contributed by atoms with Gasteiger partial charge < -0.3 is 0 Å². The molecule has 0 aliphatic rings. The molecule has 0 spiro atoms. The molecular weight excluding hydrogens is 215 g/mol. The van der Waals surface area contributed by atoms with E-state index in [0.29, 0.717) is 6.42 Å². The molecule has 0 aliphatic heterocycles. The van der Waals surface area contributed by atoms with E-state index in [1.807, 2.05) is 6.92 Å². The Labute approximate surface area is 109 Å². The van der Waals surface area contributed by atoms with Crippen LogP contribution >= 0.6 is 0 Å². The van der Waals surface area contributed by atoms with Crippen molar-refractivity contribution in [3.63, 3.8) is 0 Å². The molecule has 0 radical (unpaired) electrons. The number of hydrogen-bond donors (Lipinski definition) is 1. The van der Waals surface area contributed by atoms with Crippen molar-refractivity contribution in [1.29, 1.82) is 0 Å². The third-order valence-corrected chi connectivity index (χ3v) is 1.44. The molecule has 0 heterocycles. The van der Waals surface area contributed by atoms with E-state index in [1.54, 1.807) is 0 Å². The summed E-state index contributed by atoms with van der Waals surface area (Å²) in [4.78, 5) is 0. The van der Waals surface area contributed by atoms with E-state index in [9.17, 15) is 8.42 Å². The average molecular weight is 232 g/mol. The van der Waals surface area contributed by atoms with Crippen LogP contribution in [0.5, 0.6) is 0 Å². The van der Waals surface area contributed by atoms with Crippen LogP contribution in [0.15, 0.2) is 12.7 Å². The summed E-state index contributed by atoms with van der Waals surface area (Å²) in [5.74, 6) is 0. The van der Waals surface area contributed by atoms with Gasteiger partial charge in [-0.2, -0.15) is 8.42 Å². The van der Waals surface area contributed by atoms with E-state index in [4.69, 9.17) is 4.55 Å². The minimum absolute atomic E-state index is 0. The maximum atomic E-state index is 9.93. The molecule has 0 rings (SSSR count). The number of rotatable bonds is 5. The van der Waals surface area contributed by atoms with Crippen LogP contribution < -0.4 is 29.6 Å². The van der Waals surface area contributed by atoms with Gasteiger partial charge in [-0.15, -0.1) is 0 Å². The van der Waals surface area contributed by atoms with E-state index >= 15 is 0 Å². The number of allylic oxidation sites excluding steroid dienone is 1. The van der Waals surface area contributed by atoms with Gasteiger partial charge in [-0.05, 0) is 6.42 Å². The standard InChI is InChI=1S/C5H12O4S.C3H5.Na/c1-2-3-4-5-9-10(6,7)8;1-3-2;/h2-5H2,1H3,(H,6,7,8);3H,1-2H2;/q;-1;+1. The molecule has 0 amide bonds. The molecule has 0 atom stereocenters. The van der Waals surface area contributed by atoms with Crippen LogP contribution in [0.3, 0.4) is 0 Å². The van der Waals surface area contributed by atoms with Gasteiger partial charge in [-0.25, -0.2) is 23.8 Å². The first-order valence-corrected chi connectivity index (χ1v) is 5.36. The Balaban J connectivity index is -0.000000267.